The summed E-state index contributed by atoms with van der Waals surface area (Å²) >= 11 is 1.40. The van der Waals surface area contributed by atoms with Gasteiger partial charge in [0.05, 0.1) is 4.88 Å². The second-order valence-corrected chi connectivity index (χ2v) is 7.45. The zero-order valence-electron chi connectivity index (χ0n) is 13.7. The van der Waals surface area contributed by atoms with Crippen LogP contribution in [0.5, 0.6) is 0 Å². The van der Waals surface area contributed by atoms with Crippen molar-refractivity contribution in [1.29, 1.82) is 0 Å². The lowest BCUT2D eigenvalue weighted by molar-refractivity contribution is 0.0915. The Hall–Kier alpha value is -2.47. The van der Waals surface area contributed by atoms with Gasteiger partial charge < -0.3 is 9.88 Å². The molecule has 0 saturated heterocycles. The zero-order valence-corrected chi connectivity index (χ0v) is 14.5. The highest BCUT2D eigenvalue weighted by Crippen LogP contribution is 2.32. The highest BCUT2D eigenvalue weighted by atomic mass is 32.1. The van der Waals surface area contributed by atoms with Crippen LogP contribution in [-0.4, -0.2) is 21.0 Å². The van der Waals surface area contributed by atoms with Crippen LogP contribution < -0.4 is 5.32 Å². The van der Waals surface area contributed by atoms with E-state index in [1.165, 1.54) is 23.5 Å². The average molecular weight is 343 g/mol. The normalized spacial score (nSPS) is 11.5. The highest BCUT2D eigenvalue weighted by Gasteiger charge is 2.23. The van der Waals surface area contributed by atoms with E-state index in [9.17, 15) is 9.18 Å². The monoisotopic (exact) mass is 343 g/mol. The van der Waals surface area contributed by atoms with Gasteiger partial charge >= 0.3 is 0 Å². The minimum atomic E-state index is -0.367. The molecule has 0 unspecified atom stereocenters. The van der Waals surface area contributed by atoms with E-state index in [4.69, 9.17) is 0 Å². The van der Waals surface area contributed by atoms with Gasteiger partial charge in [0.1, 0.15) is 11.5 Å². The number of aromatic nitrogens is 2. The predicted octanol–water partition coefficient (Wildman–Crippen LogP) is 4.27. The molecule has 0 fully saturated rings. The van der Waals surface area contributed by atoms with Crippen LogP contribution in [0, 0.1) is 5.82 Å². The summed E-state index contributed by atoms with van der Waals surface area (Å²) in [5, 5.41) is 3.63. The molecule has 0 radical (unpaired) electrons. The molecule has 0 bridgehead atoms. The van der Waals surface area contributed by atoms with Crippen LogP contribution in [0.1, 0.15) is 31.3 Å². The minimum absolute atomic E-state index is 0.239. The van der Waals surface area contributed by atoms with E-state index in [2.05, 4.69) is 10.3 Å². The molecule has 0 saturated carbocycles. The Labute approximate surface area is 144 Å². The molecule has 0 spiro atoms. The van der Waals surface area contributed by atoms with Gasteiger partial charge in [-0.05, 0) is 50.6 Å². The smallest absolute Gasteiger partial charge is 0.271 e. The first kappa shape index (κ1) is 16.4. The highest BCUT2D eigenvalue weighted by molar-refractivity contribution is 7.17. The molecule has 1 N–H and O–H groups in total. The van der Waals surface area contributed by atoms with Gasteiger partial charge in [0.25, 0.3) is 5.91 Å². The quantitative estimate of drug-likeness (QED) is 0.772. The molecule has 24 heavy (non-hydrogen) atoms. The lowest BCUT2D eigenvalue weighted by Crippen LogP contribution is -2.40. The van der Waals surface area contributed by atoms with E-state index in [0.717, 1.165) is 10.4 Å². The van der Waals surface area contributed by atoms with Crippen LogP contribution in [-0.2, 0) is 0 Å². The van der Waals surface area contributed by atoms with Crippen LogP contribution in [0.15, 0.2) is 48.8 Å². The van der Waals surface area contributed by atoms with Gasteiger partial charge in [-0.1, -0.05) is 23.5 Å². The molecule has 0 aliphatic rings. The van der Waals surface area contributed by atoms with Crippen LogP contribution >= 0.6 is 11.3 Å². The number of nitrogens with one attached hydrogen (secondary N) is 1. The Morgan fingerprint density at radius 1 is 1.17 bits per heavy atom. The maximum absolute atomic E-state index is 13.2. The fourth-order valence-corrected chi connectivity index (χ4v) is 3.27. The molecule has 0 aliphatic heterocycles. The zero-order chi connectivity index (χ0) is 17.3. The molecular formula is C18H18FN3OS. The lowest BCUT2D eigenvalue weighted by atomic mass is 10.1. The molecule has 2 heterocycles. The van der Waals surface area contributed by atoms with Gasteiger partial charge in [-0.2, -0.15) is 0 Å². The Morgan fingerprint density at radius 2 is 1.79 bits per heavy atom. The van der Waals surface area contributed by atoms with E-state index in [-0.39, 0.29) is 17.3 Å². The Kier molecular flexibility index (Phi) is 4.24. The second kappa shape index (κ2) is 6.20. The molecule has 0 aliphatic carbocycles. The number of hydrogen-bond acceptors (Lipinski definition) is 3. The Bertz CT molecular complexity index is 846. The van der Waals surface area contributed by atoms with Crippen molar-refractivity contribution in [2.75, 3.05) is 0 Å². The number of rotatable bonds is 3. The number of thiazole rings is 1. The summed E-state index contributed by atoms with van der Waals surface area (Å²) in [7, 11) is 0. The standard InChI is InChI=1S/C18H18FN3OS/c1-18(2,3)21-16(23)14-15(12-6-8-13(19)9-7-12)24-17(20-14)22-10-4-5-11-22/h4-11H,1-3H3,(H,21,23). The van der Waals surface area contributed by atoms with E-state index in [1.807, 2.05) is 49.9 Å². The molecule has 1 aromatic carbocycles. The first-order chi connectivity index (χ1) is 11.3. The molecule has 3 aromatic rings. The number of benzene rings is 1. The number of hydrogen-bond donors (Lipinski definition) is 1. The molecule has 1 amide bonds. The Morgan fingerprint density at radius 3 is 2.38 bits per heavy atom. The summed E-state index contributed by atoms with van der Waals surface area (Å²) in [4.78, 5) is 17.9. The van der Waals surface area contributed by atoms with Crippen molar-refractivity contribution in [3.05, 3.63) is 60.3 Å². The summed E-state index contributed by atoms with van der Waals surface area (Å²) in [6.07, 6.45) is 3.75. The first-order valence-corrected chi connectivity index (χ1v) is 8.38. The van der Waals surface area contributed by atoms with Crippen molar-refractivity contribution in [2.24, 2.45) is 0 Å². The molecule has 3 rings (SSSR count). The topological polar surface area (TPSA) is 46.9 Å². The Balaban J connectivity index is 2.08. The SMILES string of the molecule is CC(C)(C)NC(=O)c1nc(-n2cccc2)sc1-c1ccc(F)cc1. The maximum atomic E-state index is 13.2. The van der Waals surface area contributed by atoms with Crippen molar-refractivity contribution in [3.8, 4) is 15.6 Å². The van der Waals surface area contributed by atoms with Gasteiger partial charge in [-0.25, -0.2) is 9.37 Å². The van der Waals surface area contributed by atoms with Gasteiger partial charge in [0.2, 0.25) is 0 Å². The molecule has 2 aromatic heterocycles. The van der Waals surface area contributed by atoms with Gasteiger partial charge in [-0.15, -0.1) is 0 Å². The van der Waals surface area contributed by atoms with Crippen LogP contribution in [0.4, 0.5) is 4.39 Å². The fraction of sp³-hybridized carbons (Fsp3) is 0.222. The predicted molar refractivity (Wildman–Crippen MR) is 94.1 cm³/mol. The first-order valence-electron chi connectivity index (χ1n) is 7.56. The lowest BCUT2D eigenvalue weighted by Gasteiger charge is -2.20. The number of carbonyl (C=O) groups is 1. The number of carbonyl (C=O) groups excluding carboxylic acids is 1. The second-order valence-electron chi connectivity index (χ2n) is 6.48. The molecule has 124 valence electrons. The molecular weight excluding hydrogens is 325 g/mol. The summed E-state index contributed by atoms with van der Waals surface area (Å²) in [6, 6.07) is 9.89. The van der Waals surface area contributed by atoms with E-state index in [0.29, 0.717) is 10.8 Å². The van der Waals surface area contributed by atoms with E-state index < -0.39 is 0 Å². The third-order valence-electron chi connectivity index (χ3n) is 3.25. The van der Waals surface area contributed by atoms with E-state index >= 15 is 0 Å². The fourth-order valence-electron chi connectivity index (χ4n) is 2.23. The largest absolute Gasteiger partial charge is 0.346 e. The van der Waals surface area contributed by atoms with E-state index in [1.54, 1.807) is 12.1 Å². The van der Waals surface area contributed by atoms with Crippen molar-refractivity contribution in [1.82, 2.24) is 14.9 Å². The number of halogens is 1. The van der Waals surface area contributed by atoms with Crippen LogP contribution in [0.25, 0.3) is 15.6 Å². The maximum Gasteiger partial charge on any atom is 0.271 e. The third kappa shape index (κ3) is 3.54. The minimum Gasteiger partial charge on any atom is -0.346 e. The van der Waals surface area contributed by atoms with Gasteiger partial charge in [0.15, 0.2) is 5.13 Å². The van der Waals surface area contributed by atoms with Gasteiger partial charge in [-0.3, -0.25) is 4.79 Å². The van der Waals surface area contributed by atoms with Crippen molar-refractivity contribution < 1.29 is 9.18 Å². The van der Waals surface area contributed by atoms with Crippen LogP contribution in [0.3, 0.4) is 0 Å². The third-order valence-corrected chi connectivity index (χ3v) is 4.37. The molecule has 6 heteroatoms. The average Bonchev–Trinajstić information content (AvgIpc) is 3.15. The van der Waals surface area contributed by atoms with Crippen molar-refractivity contribution in [3.63, 3.8) is 0 Å². The summed E-state index contributed by atoms with van der Waals surface area (Å²) < 4.78 is 15.1. The molecule has 0 atom stereocenters. The van der Waals surface area contributed by atoms with Crippen LogP contribution in [0.2, 0.25) is 0 Å². The van der Waals surface area contributed by atoms with Crippen molar-refractivity contribution in [2.45, 2.75) is 26.3 Å². The summed E-state index contributed by atoms with van der Waals surface area (Å²) in [5.74, 6) is -0.550. The number of amides is 1. The van der Waals surface area contributed by atoms with Crippen molar-refractivity contribution >= 4 is 17.2 Å². The summed E-state index contributed by atoms with van der Waals surface area (Å²) in [6.45, 7) is 5.76. The van der Waals surface area contributed by atoms with Gasteiger partial charge in [0, 0.05) is 17.9 Å². The molecule has 4 nitrogen and oxygen atoms in total. The summed E-state index contributed by atoms with van der Waals surface area (Å²) in [5.41, 5.74) is 0.755. The number of nitrogens with zero attached hydrogens (tertiary/aromatic N) is 2.